The van der Waals surface area contributed by atoms with Crippen LogP contribution in [-0.4, -0.2) is 54.4 Å². The number of rotatable bonds is 22. The topological polar surface area (TPSA) is 91.8 Å². The molecule has 0 saturated heterocycles. The van der Waals surface area contributed by atoms with Crippen LogP contribution in [0.1, 0.15) is 81.1 Å². The number of carbonyl (C=O) groups is 3. The monoisotopic (exact) mass is 673 g/mol. The van der Waals surface area contributed by atoms with Gasteiger partial charge in [-0.05, 0) is 79.5 Å². The van der Waals surface area contributed by atoms with Crippen LogP contribution in [0, 0.1) is 23.7 Å². The molecule has 0 aliphatic rings. The third kappa shape index (κ3) is 18.5. The van der Waals surface area contributed by atoms with Crippen LogP contribution in [0.5, 0.6) is 0 Å². The van der Waals surface area contributed by atoms with Crippen molar-refractivity contribution >= 4 is 39.3 Å². The second kappa shape index (κ2) is 23.7. The number of ether oxygens (including phenoxy) is 3. The van der Waals surface area contributed by atoms with Crippen LogP contribution in [0.4, 0.5) is 4.79 Å². The van der Waals surface area contributed by atoms with Crippen molar-refractivity contribution in [1.82, 2.24) is 4.98 Å². The van der Waals surface area contributed by atoms with Gasteiger partial charge in [-0.15, -0.1) is 0 Å². The van der Waals surface area contributed by atoms with Crippen molar-refractivity contribution in [3.8, 4) is 0 Å². The predicted octanol–water partition coefficient (Wildman–Crippen LogP) is 9.65. The highest BCUT2D eigenvalue weighted by Crippen LogP contribution is 2.28. The average Bonchev–Trinajstić information content (AvgIpc) is 3.02. The van der Waals surface area contributed by atoms with Gasteiger partial charge in [-0.3, -0.25) is 9.59 Å². The van der Waals surface area contributed by atoms with Crippen molar-refractivity contribution in [2.24, 2.45) is 23.7 Å². The Balaban J connectivity index is 2.82. The summed E-state index contributed by atoms with van der Waals surface area (Å²) in [5.74, 6) is 0.699. The molecule has 1 rings (SSSR count). The van der Waals surface area contributed by atoms with Gasteiger partial charge in [0.2, 0.25) is 0 Å². The van der Waals surface area contributed by atoms with Gasteiger partial charge in [0.05, 0.1) is 6.10 Å². The fraction of sp³-hybridized carbons (Fsp3) is 0.568. The van der Waals surface area contributed by atoms with E-state index in [0.717, 1.165) is 17.0 Å². The Kier molecular flexibility index (Phi) is 21.3. The Morgan fingerprint density at radius 2 is 1.70 bits per heavy atom. The van der Waals surface area contributed by atoms with Gasteiger partial charge in [0.25, 0.3) is 0 Å². The number of pyridine rings is 1. The number of nitrogens with zero attached hydrogens (tertiary/aromatic N) is 1. The summed E-state index contributed by atoms with van der Waals surface area (Å²) in [4.78, 5) is 43.0. The van der Waals surface area contributed by atoms with E-state index in [1.54, 1.807) is 13.3 Å². The largest absolute Gasteiger partial charge is 0.508 e. The van der Waals surface area contributed by atoms with Gasteiger partial charge in [0.1, 0.15) is 29.3 Å². The van der Waals surface area contributed by atoms with Crippen LogP contribution in [0.3, 0.4) is 0 Å². The van der Waals surface area contributed by atoms with E-state index in [0.29, 0.717) is 30.1 Å². The fourth-order valence-electron chi connectivity index (χ4n) is 4.35. The average molecular weight is 674 g/mol. The van der Waals surface area contributed by atoms with E-state index >= 15 is 0 Å². The van der Waals surface area contributed by atoms with Crippen molar-refractivity contribution in [3.05, 3.63) is 72.0 Å². The van der Waals surface area contributed by atoms with Crippen LogP contribution in [0.25, 0.3) is 0 Å². The van der Waals surface area contributed by atoms with Crippen molar-refractivity contribution in [2.75, 3.05) is 19.5 Å². The molecule has 0 amide bonds. The standard InChI is InChI=1S/C37H55NO6S2/c1-26(2)18-19-33(39)30(6)24-31(7)35(44-37(41)43-21-22-45-46-36-17-13-14-20-38-36)25-34(40)29(5)23-27(3)15-11-10-12-16-28(4)32(8)42-9/h10-17,20,24,26-27,29-30,32,35H,18-19,21-23,25H2,1-9H3/b12-10+,15-11+,28-16+,31-24+/t27-,29-,30?,32?,35?/m1/s1. The molecule has 1 heterocycles. The number of Topliss-reactive ketones (excluding diaryl/α,β-unsaturated/α-hetero) is 2. The van der Waals surface area contributed by atoms with E-state index < -0.39 is 12.3 Å². The molecule has 0 spiro atoms. The number of allylic oxidation sites excluding steroid dienone is 6. The molecule has 0 bridgehead atoms. The van der Waals surface area contributed by atoms with E-state index in [1.165, 1.54) is 21.6 Å². The molecular weight excluding hydrogens is 619 g/mol. The summed E-state index contributed by atoms with van der Waals surface area (Å²) in [5.41, 5.74) is 1.81. The van der Waals surface area contributed by atoms with Crippen molar-refractivity contribution < 1.29 is 28.6 Å². The van der Waals surface area contributed by atoms with E-state index in [2.05, 4.69) is 31.8 Å². The minimum Gasteiger partial charge on any atom is -0.433 e. The zero-order valence-corrected chi connectivity index (χ0v) is 30.8. The van der Waals surface area contributed by atoms with Crippen LogP contribution < -0.4 is 0 Å². The maximum atomic E-state index is 13.4. The van der Waals surface area contributed by atoms with Gasteiger partial charge in [0, 0.05) is 43.7 Å². The first-order valence-electron chi connectivity index (χ1n) is 16.2. The summed E-state index contributed by atoms with van der Waals surface area (Å²) in [6.45, 7) is 16.0. The van der Waals surface area contributed by atoms with Gasteiger partial charge >= 0.3 is 6.16 Å². The molecule has 0 fully saturated rings. The second-order valence-electron chi connectivity index (χ2n) is 12.2. The maximum Gasteiger partial charge on any atom is 0.508 e. The highest BCUT2D eigenvalue weighted by atomic mass is 33.1. The Bertz CT molecular complexity index is 1180. The minimum absolute atomic E-state index is 0.00504. The lowest BCUT2D eigenvalue weighted by atomic mass is 9.89. The van der Waals surface area contributed by atoms with Gasteiger partial charge in [-0.2, -0.15) is 0 Å². The van der Waals surface area contributed by atoms with Crippen LogP contribution in [-0.2, 0) is 23.8 Å². The number of carbonyl (C=O) groups excluding carboxylic acids is 3. The Morgan fingerprint density at radius 3 is 2.35 bits per heavy atom. The zero-order chi connectivity index (χ0) is 34.5. The fourth-order valence-corrected chi connectivity index (χ4v) is 6.06. The molecule has 1 aromatic heterocycles. The summed E-state index contributed by atoms with van der Waals surface area (Å²) >= 11 is 0. The normalized spacial score (nSPS) is 16.0. The summed E-state index contributed by atoms with van der Waals surface area (Å²) in [7, 11) is 4.72. The number of hydrogen-bond acceptors (Lipinski definition) is 9. The van der Waals surface area contributed by atoms with Gasteiger partial charge in [-0.25, -0.2) is 9.78 Å². The minimum atomic E-state index is -0.826. The molecular formula is C37H55NO6S2. The van der Waals surface area contributed by atoms with Crippen molar-refractivity contribution in [2.45, 2.75) is 98.3 Å². The smallest absolute Gasteiger partial charge is 0.433 e. The molecule has 9 heteroatoms. The molecule has 0 aromatic carbocycles. The molecule has 0 aliphatic heterocycles. The third-order valence-electron chi connectivity index (χ3n) is 7.58. The van der Waals surface area contributed by atoms with E-state index in [1.807, 2.05) is 83.2 Å². The zero-order valence-electron chi connectivity index (χ0n) is 29.2. The molecule has 46 heavy (non-hydrogen) atoms. The highest BCUT2D eigenvalue weighted by Gasteiger charge is 2.26. The van der Waals surface area contributed by atoms with Crippen LogP contribution in [0.15, 0.2) is 77.0 Å². The summed E-state index contributed by atoms with van der Waals surface area (Å²) < 4.78 is 16.3. The van der Waals surface area contributed by atoms with Crippen molar-refractivity contribution in [1.29, 1.82) is 0 Å². The molecule has 0 N–H and O–H groups in total. The van der Waals surface area contributed by atoms with Gasteiger partial charge in [0.15, 0.2) is 0 Å². The first-order chi connectivity index (χ1) is 21.8. The number of methoxy groups -OCH3 is 1. The molecule has 5 atom stereocenters. The molecule has 0 saturated carbocycles. The highest BCUT2D eigenvalue weighted by molar-refractivity contribution is 8.76. The van der Waals surface area contributed by atoms with Crippen LogP contribution in [0.2, 0.25) is 0 Å². The molecule has 256 valence electrons. The Morgan fingerprint density at radius 1 is 0.957 bits per heavy atom. The van der Waals surface area contributed by atoms with E-state index in [4.69, 9.17) is 14.2 Å². The number of hydrogen-bond donors (Lipinski definition) is 0. The first-order valence-corrected chi connectivity index (χ1v) is 18.5. The Labute approximate surface area is 285 Å². The summed E-state index contributed by atoms with van der Waals surface area (Å²) in [6.07, 6.45) is 14.0. The molecule has 3 unspecified atom stereocenters. The molecule has 0 radical (unpaired) electrons. The first kappa shape index (κ1) is 41.4. The lowest BCUT2D eigenvalue weighted by molar-refractivity contribution is -0.124. The molecule has 0 aliphatic carbocycles. The lowest BCUT2D eigenvalue weighted by Gasteiger charge is -2.21. The predicted molar refractivity (Wildman–Crippen MR) is 192 cm³/mol. The van der Waals surface area contributed by atoms with Crippen LogP contribution >= 0.6 is 21.6 Å². The second-order valence-corrected chi connectivity index (χ2v) is 14.7. The van der Waals surface area contributed by atoms with E-state index in [9.17, 15) is 14.4 Å². The SMILES string of the molecule is COC(C)/C(C)=C/C=C/C=C/[C@@H](C)C[C@@H](C)C(=O)CC(OC(=O)OCCSSc1ccccn1)/C(C)=C/C(C)C(=O)CCC(C)C. The summed E-state index contributed by atoms with van der Waals surface area (Å²) in [5, 5.41) is 0.877. The quantitative estimate of drug-likeness (QED) is 0.0392. The van der Waals surface area contributed by atoms with Gasteiger partial charge in [-0.1, -0.05) is 87.9 Å². The third-order valence-corrected chi connectivity index (χ3v) is 9.81. The number of aromatic nitrogens is 1. The molecule has 7 nitrogen and oxygen atoms in total. The molecule has 1 aromatic rings. The van der Waals surface area contributed by atoms with E-state index in [-0.39, 0.29) is 48.5 Å². The maximum absolute atomic E-state index is 13.4. The summed E-state index contributed by atoms with van der Waals surface area (Å²) in [6, 6.07) is 5.69. The number of ketones is 2. The Hall–Kier alpha value is -2.62. The van der Waals surface area contributed by atoms with Gasteiger partial charge < -0.3 is 14.2 Å². The van der Waals surface area contributed by atoms with Crippen molar-refractivity contribution in [3.63, 3.8) is 0 Å². The lowest BCUT2D eigenvalue weighted by Crippen LogP contribution is -2.27.